The second-order valence-corrected chi connectivity index (χ2v) is 7.28. The molecule has 7 nitrogen and oxygen atoms in total. The van der Waals surface area contributed by atoms with Gasteiger partial charge in [-0.1, -0.05) is 41.9 Å². The van der Waals surface area contributed by atoms with Crippen molar-refractivity contribution in [3.63, 3.8) is 0 Å². The maximum atomic E-state index is 12.8. The van der Waals surface area contributed by atoms with Crippen molar-refractivity contribution in [2.45, 2.75) is 32.2 Å². The number of carbonyl (C=O) groups excluding carboxylic acids is 2. The van der Waals surface area contributed by atoms with Gasteiger partial charge >= 0.3 is 5.97 Å². The van der Waals surface area contributed by atoms with Gasteiger partial charge in [0.05, 0.1) is 18.8 Å². The largest absolute Gasteiger partial charge is 0.505 e. The van der Waals surface area contributed by atoms with Crippen LogP contribution in [0.1, 0.15) is 35.7 Å². The lowest BCUT2D eigenvalue weighted by Gasteiger charge is -2.18. The lowest BCUT2D eigenvalue weighted by molar-refractivity contribution is -0.145. The molecule has 0 aromatic heterocycles. The van der Waals surface area contributed by atoms with Gasteiger partial charge in [0.1, 0.15) is 16.8 Å². The molecule has 2 rings (SSSR count). The van der Waals surface area contributed by atoms with Crippen LogP contribution in [0.4, 0.5) is 0 Å². The Morgan fingerprint density at radius 2 is 1.84 bits per heavy atom. The van der Waals surface area contributed by atoms with Crippen LogP contribution in [-0.2, 0) is 16.0 Å². The van der Waals surface area contributed by atoms with Crippen LogP contribution in [-0.4, -0.2) is 49.8 Å². The summed E-state index contributed by atoms with van der Waals surface area (Å²) in [6.45, 7) is 3.21. The highest BCUT2D eigenvalue weighted by molar-refractivity contribution is 6.34. The van der Waals surface area contributed by atoms with Gasteiger partial charge in [0.25, 0.3) is 5.91 Å². The zero-order chi connectivity index (χ0) is 22.6. The Kier molecular flexibility index (Phi) is 12.5. The second kappa shape index (κ2) is 14.6. The highest BCUT2D eigenvalue weighted by atomic mass is 35.5. The van der Waals surface area contributed by atoms with Crippen LogP contribution in [0.25, 0.3) is 0 Å². The Bertz CT molecular complexity index is 865. The lowest BCUT2D eigenvalue weighted by Crippen LogP contribution is -2.43. The fraction of sp³-hybridized carbons (Fsp3) is 0.391. The molecule has 1 amide bonds. The summed E-state index contributed by atoms with van der Waals surface area (Å²) in [5, 5.41) is 16.1. The number of esters is 1. The molecule has 32 heavy (non-hydrogen) atoms. The molecule has 2 aromatic carbocycles. The highest BCUT2D eigenvalue weighted by Crippen LogP contribution is 2.36. The number of carbonyl (C=O) groups is 2. The van der Waals surface area contributed by atoms with Crippen molar-refractivity contribution in [1.29, 1.82) is 0 Å². The Morgan fingerprint density at radius 3 is 2.50 bits per heavy atom. The van der Waals surface area contributed by atoms with E-state index < -0.39 is 23.7 Å². The maximum absolute atomic E-state index is 12.8. The molecule has 0 aliphatic rings. The molecule has 0 aliphatic carbocycles. The summed E-state index contributed by atoms with van der Waals surface area (Å²) < 4.78 is 10.7. The number of hydrogen-bond acceptors (Lipinski definition) is 6. The summed E-state index contributed by atoms with van der Waals surface area (Å²) in [5.74, 6) is -1.28. The first kappa shape index (κ1) is 27.6. The predicted molar refractivity (Wildman–Crippen MR) is 127 cm³/mol. The Balaban J connectivity index is 0.00000512. The van der Waals surface area contributed by atoms with Gasteiger partial charge in [-0.2, -0.15) is 0 Å². The number of nitrogens with one attached hydrogen (secondary N) is 2. The fourth-order valence-electron chi connectivity index (χ4n) is 2.95. The van der Waals surface area contributed by atoms with Gasteiger partial charge in [0.15, 0.2) is 5.75 Å². The first-order valence-electron chi connectivity index (χ1n) is 10.3. The van der Waals surface area contributed by atoms with Gasteiger partial charge in [-0.15, -0.1) is 12.4 Å². The summed E-state index contributed by atoms with van der Waals surface area (Å²) >= 11 is 6.20. The van der Waals surface area contributed by atoms with E-state index in [0.29, 0.717) is 12.4 Å². The van der Waals surface area contributed by atoms with Crippen LogP contribution >= 0.6 is 24.0 Å². The molecular weight excluding hydrogens is 455 g/mol. The third kappa shape index (κ3) is 8.22. The quantitative estimate of drug-likeness (QED) is 0.313. The number of phenolic OH excluding ortho intramolecular Hbond substituents is 1. The topological polar surface area (TPSA) is 96.9 Å². The molecule has 3 N–H and O–H groups in total. The van der Waals surface area contributed by atoms with E-state index in [2.05, 4.69) is 10.6 Å². The normalized spacial score (nSPS) is 11.2. The van der Waals surface area contributed by atoms with Crippen LogP contribution in [0, 0.1) is 0 Å². The standard InChI is InChI=1S/C23H29ClN2O5.ClH/c1-3-30-23(29)18(15-16-9-5-4-6-10-16)26-22(28)17-11-12-19(20(24)21(17)27)31-14-8-7-13-25-2;/h4-6,9-12,18,25,27H,3,7-8,13-15H2,1-2H3,(H,26,28);1H/t18-;/m1./s1. The van der Waals surface area contributed by atoms with Crippen LogP contribution in [0.3, 0.4) is 0 Å². The molecule has 0 unspecified atom stereocenters. The summed E-state index contributed by atoms with van der Waals surface area (Å²) in [5.41, 5.74) is 0.819. The Hall–Kier alpha value is -2.48. The van der Waals surface area contributed by atoms with E-state index in [-0.39, 0.29) is 36.0 Å². The third-order valence-electron chi connectivity index (χ3n) is 4.56. The van der Waals surface area contributed by atoms with Crippen molar-refractivity contribution in [3.8, 4) is 11.5 Å². The van der Waals surface area contributed by atoms with Crippen molar-refractivity contribution >= 4 is 35.9 Å². The number of phenols is 1. The van der Waals surface area contributed by atoms with Crippen molar-refractivity contribution in [2.75, 3.05) is 26.8 Å². The van der Waals surface area contributed by atoms with Crippen molar-refractivity contribution < 1.29 is 24.2 Å². The minimum absolute atomic E-state index is 0. The van der Waals surface area contributed by atoms with Gasteiger partial charge < -0.3 is 25.2 Å². The van der Waals surface area contributed by atoms with Crippen molar-refractivity contribution in [3.05, 3.63) is 58.6 Å². The van der Waals surface area contributed by atoms with Crippen LogP contribution in [0.2, 0.25) is 5.02 Å². The fourth-order valence-corrected chi connectivity index (χ4v) is 3.17. The maximum Gasteiger partial charge on any atom is 0.328 e. The number of benzene rings is 2. The average molecular weight is 485 g/mol. The van der Waals surface area contributed by atoms with Gasteiger partial charge in [-0.05, 0) is 51.1 Å². The first-order valence-corrected chi connectivity index (χ1v) is 10.7. The molecule has 9 heteroatoms. The van der Waals surface area contributed by atoms with Gasteiger partial charge in [0.2, 0.25) is 0 Å². The van der Waals surface area contributed by atoms with E-state index in [9.17, 15) is 14.7 Å². The molecule has 0 aliphatic heterocycles. The van der Waals surface area contributed by atoms with Gasteiger partial charge in [-0.25, -0.2) is 4.79 Å². The van der Waals surface area contributed by atoms with E-state index in [1.807, 2.05) is 37.4 Å². The number of rotatable bonds is 12. The number of halogens is 2. The van der Waals surface area contributed by atoms with Crippen molar-refractivity contribution in [2.24, 2.45) is 0 Å². The molecule has 0 radical (unpaired) electrons. The second-order valence-electron chi connectivity index (χ2n) is 6.90. The molecule has 0 heterocycles. The minimum Gasteiger partial charge on any atom is -0.505 e. The number of unbranched alkanes of at least 4 members (excludes halogenated alkanes) is 1. The number of ether oxygens (including phenoxy) is 2. The first-order chi connectivity index (χ1) is 15.0. The van der Waals surface area contributed by atoms with E-state index in [1.54, 1.807) is 6.92 Å². The molecule has 0 bridgehead atoms. The highest BCUT2D eigenvalue weighted by Gasteiger charge is 2.25. The number of hydrogen-bond donors (Lipinski definition) is 3. The summed E-state index contributed by atoms with van der Waals surface area (Å²) in [7, 11) is 1.88. The van der Waals surface area contributed by atoms with E-state index >= 15 is 0 Å². The Labute approximate surface area is 199 Å². The zero-order valence-corrected chi connectivity index (χ0v) is 19.8. The lowest BCUT2D eigenvalue weighted by atomic mass is 10.1. The summed E-state index contributed by atoms with van der Waals surface area (Å²) in [6, 6.07) is 11.3. The molecule has 176 valence electrons. The predicted octanol–water partition coefficient (Wildman–Crippen LogP) is 3.75. The van der Waals surface area contributed by atoms with E-state index in [0.717, 1.165) is 24.9 Å². The molecular formula is C23H30Cl2N2O5. The smallest absolute Gasteiger partial charge is 0.328 e. The van der Waals surface area contributed by atoms with Crippen LogP contribution in [0.5, 0.6) is 11.5 Å². The SMILES string of the molecule is CCOC(=O)[C@@H](Cc1ccccc1)NC(=O)c1ccc(OCCCCNC)c(Cl)c1O.Cl. The zero-order valence-electron chi connectivity index (χ0n) is 18.2. The minimum atomic E-state index is -0.906. The molecule has 1 atom stereocenters. The summed E-state index contributed by atoms with van der Waals surface area (Å²) in [4.78, 5) is 25.1. The monoisotopic (exact) mass is 484 g/mol. The third-order valence-corrected chi connectivity index (χ3v) is 4.93. The Morgan fingerprint density at radius 1 is 1.12 bits per heavy atom. The van der Waals surface area contributed by atoms with Crippen molar-refractivity contribution in [1.82, 2.24) is 10.6 Å². The van der Waals surface area contributed by atoms with E-state index in [4.69, 9.17) is 21.1 Å². The van der Waals surface area contributed by atoms with Gasteiger partial charge in [-0.3, -0.25) is 4.79 Å². The molecule has 0 spiro atoms. The van der Waals surface area contributed by atoms with Gasteiger partial charge in [0, 0.05) is 6.42 Å². The molecule has 0 saturated heterocycles. The summed E-state index contributed by atoms with van der Waals surface area (Å²) in [6.07, 6.45) is 2.02. The number of aromatic hydroxyl groups is 1. The van der Waals surface area contributed by atoms with Crippen LogP contribution < -0.4 is 15.4 Å². The average Bonchev–Trinajstić information content (AvgIpc) is 2.76. The molecule has 2 aromatic rings. The molecule has 0 saturated carbocycles. The molecule has 0 fully saturated rings. The van der Waals surface area contributed by atoms with E-state index in [1.165, 1.54) is 12.1 Å². The number of amides is 1. The van der Waals surface area contributed by atoms with Crippen LogP contribution in [0.15, 0.2) is 42.5 Å².